The molecule has 0 amide bonds. The Morgan fingerprint density at radius 2 is 1.48 bits per heavy atom. The van der Waals surface area contributed by atoms with E-state index >= 15 is 0 Å². The minimum absolute atomic E-state index is 0.175. The first-order valence-corrected chi connectivity index (χ1v) is 7.44. The molecule has 1 aromatic rings. The third-order valence-corrected chi connectivity index (χ3v) is 2.94. The summed E-state index contributed by atoms with van der Waals surface area (Å²) in [7, 11) is 0. The van der Waals surface area contributed by atoms with Gasteiger partial charge in [0, 0.05) is 6.92 Å². The first kappa shape index (κ1) is 22.8. The molecule has 0 fully saturated rings. The molecule has 0 aliphatic carbocycles. The summed E-state index contributed by atoms with van der Waals surface area (Å²) in [4.78, 5) is 66.8. The summed E-state index contributed by atoms with van der Waals surface area (Å²) in [5.74, 6) is -2.04. The predicted molar refractivity (Wildman–Crippen MR) is 84.7 cm³/mol. The van der Waals surface area contributed by atoms with E-state index in [2.05, 4.69) is 14.5 Å². The van der Waals surface area contributed by atoms with Gasteiger partial charge in [0.25, 0.3) is 15.3 Å². The number of hydrogen-bond acceptors (Lipinski definition) is 13. The van der Waals surface area contributed by atoms with Gasteiger partial charge in [-0.3, -0.25) is 4.79 Å². The Balaban J connectivity index is 2.95. The lowest BCUT2D eigenvalue weighted by Crippen LogP contribution is -2.42. The van der Waals surface area contributed by atoms with E-state index in [1.165, 1.54) is 24.3 Å². The van der Waals surface area contributed by atoms with Gasteiger partial charge in [-0.05, 0) is 12.1 Å². The van der Waals surface area contributed by atoms with E-state index in [0.29, 0.717) is 0 Å². The number of benzene rings is 1. The van der Waals surface area contributed by atoms with E-state index in [4.69, 9.17) is 9.47 Å². The zero-order valence-electron chi connectivity index (χ0n) is 14.5. The van der Waals surface area contributed by atoms with Crippen molar-refractivity contribution < 1.29 is 48.8 Å². The molecule has 0 bridgehead atoms. The summed E-state index contributed by atoms with van der Waals surface area (Å²) in [6.45, 7) is -1.04. The third kappa shape index (κ3) is 8.33. The minimum atomic E-state index is -1.99. The normalized spacial score (nSPS) is 12.0. The van der Waals surface area contributed by atoms with Crippen molar-refractivity contribution in [3.05, 3.63) is 60.2 Å². The predicted octanol–water partition coefficient (Wildman–Crippen LogP) is 0.131. The Morgan fingerprint density at radius 3 is 2.00 bits per heavy atom. The van der Waals surface area contributed by atoms with Crippen molar-refractivity contribution in [3.63, 3.8) is 0 Å². The first-order valence-electron chi connectivity index (χ1n) is 7.44. The van der Waals surface area contributed by atoms with Crippen LogP contribution in [0, 0.1) is 30.3 Å². The lowest BCUT2D eigenvalue weighted by atomic mass is 10.2. The Hall–Kier alpha value is -4.24. The number of para-hydroxylation sites is 1. The number of carbonyl (C=O) groups excluding carboxylic acids is 2. The SMILES string of the molecule is CC(=O)Oc1ccccc1C(=O)OCC(O[N+](=O)[O-])C(CO[N+](=O)[O-])O[N+](=O)[O-]. The van der Waals surface area contributed by atoms with Crippen LogP contribution in [-0.4, -0.2) is 52.6 Å². The summed E-state index contributed by atoms with van der Waals surface area (Å²) in [5.41, 5.74) is -0.240. The fourth-order valence-electron chi connectivity index (χ4n) is 1.88. The van der Waals surface area contributed by atoms with Gasteiger partial charge in [0.05, 0.1) is 0 Å². The molecule has 16 nitrogen and oxygen atoms in total. The molecular weight excluding hydrogens is 406 g/mol. The summed E-state index contributed by atoms with van der Waals surface area (Å²) < 4.78 is 9.61. The molecule has 0 aliphatic rings. The van der Waals surface area contributed by atoms with Crippen LogP contribution in [0.1, 0.15) is 17.3 Å². The highest BCUT2D eigenvalue weighted by molar-refractivity contribution is 5.93. The summed E-state index contributed by atoms with van der Waals surface area (Å²) in [6, 6.07) is 5.33. The van der Waals surface area contributed by atoms with Gasteiger partial charge in [-0.15, -0.1) is 30.3 Å². The fourth-order valence-corrected chi connectivity index (χ4v) is 1.88. The Labute approximate surface area is 160 Å². The number of hydrogen-bond donors (Lipinski definition) is 0. The van der Waals surface area contributed by atoms with Crippen molar-refractivity contribution in [2.75, 3.05) is 13.2 Å². The van der Waals surface area contributed by atoms with Crippen molar-refractivity contribution >= 4 is 11.9 Å². The van der Waals surface area contributed by atoms with Crippen LogP contribution in [0.5, 0.6) is 5.75 Å². The quantitative estimate of drug-likeness (QED) is 0.191. The zero-order valence-corrected chi connectivity index (χ0v) is 14.5. The molecule has 2 atom stereocenters. The van der Waals surface area contributed by atoms with Crippen LogP contribution in [0.3, 0.4) is 0 Å². The Bertz CT molecular complexity index is 783. The second-order valence-corrected chi connectivity index (χ2v) is 4.94. The Kier molecular flexibility index (Phi) is 8.49. The van der Waals surface area contributed by atoms with E-state index in [1.807, 2.05) is 0 Å². The van der Waals surface area contributed by atoms with Crippen LogP contribution in [0.25, 0.3) is 0 Å². The molecule has 0 saturated carbocycles. The van der Waals surface area contributed by atoms with Crippen molar-refractivity contribution in [2.24, 2.45) is 0 Å². The number of nitrogens with zero attached hydrogens (tertiary/aromatic N) is 3. The van der Waals surface area contributed by atoms with Crippen molar-refractivity contribution in [1.29, 1.82) is 0 Å². The number of esters is 2. The van der Waals surface area contributed by atoms with Crippen LogP contribution < -0.4 is 4.74 Å². The maximum absolute atomic E-state index is 12.2. The zero-order chi connectivity index (χ0) is 22.0. The van der Waals surface area contributed by atoms with E-state index in [9.17, 15) is 39.9 Å². The molecule has 0 radical (unpaired) electrons. The van der Waals surface area contributed by atoms with Crippen LogP contribution in [0.15, 0.2) is 24.3 Å². The molecule has 1 aromatic carbocycles. The summed E-state index contributed by atoms with van der Waals surface area (Å²) in [6.07, 6.45) is -3.95. The molecule has 0 spiro atoms. The average molecular weight is 419 g/mol. The molecule has 1 rings (SSSR count). The molecule has 0 heterocycles. The maximum atomic E-state index is 12.2. The molecule has 2 unspecified atom stereocenters. The standard InChI is InChI=1S/C13H13N3O13/c1-8(17)27-10-5-3-2-4-9(10)13(18)25-6-11(28-15(21)22)12(29-16(23)24)7-26-14(19)20/h2-5,11-12H,6-7H2,1H3. The highest BCUT2D eigenvalue weighted by Crippen LogP contribution is 2.20. The van der Waals surface area contributed by atoms with E-state index in [0.717, 1.165) is 6.92 Å². The molecule has 158 valence electrons. The molecule has 0 N–H and O–H groups in total. The van der Waals surface area contributed by atoms with E-state index < -0.39 is 52.6 Å². The topological polar surface area (TPSA) is 210 Å². The van der Waals surface area contributed by atoms with Gasteiger partial charge >= 0.3 is 11.9 Å². The lowest BCUT2D eigenvalue weighted by molar-refractivity contribution is -0.810. The summed E-state index contributed by atoms with van der Waals surface area (Å²) >= 11 is 0. The monoisotopic (exact) mass is 419 g/mol. The second kappa shape index (κ2) is 10.8. The van der Waals surface area contributed by atoms with E-state index in [1.54, 1.807) is 0 Å². The fraction of sp³-hybridized carbons (Fsp3) is 0.385. The highest BCUT2D eigenvalue weighted by Gasteiger charge is 2.32. The second-order valence-electron chi connectivity index (χ2n) is 4.94. The lowest BCUT2D eigenvalue weighted by Gasteiger charge is -2.22. The average Bonchev–Trinajstić information content (AvgIpc) is 2.61. The van der Waals surface area contributed by atoms with Crippen LogP contribution in [-0.2, 0) is 24.0 Å². The van der Waals surface area contributed by atoms with Crippen LogP contribution >= 0.6 is 0 Å². The minimum Gasteiger partial charge on any atom is -0.460 e. The number of ether oxygens (including phenoxy) is 2. The van der Waals surface area contributed by atoms with Crippen molar-refractivity contribution in [2.45, 2.75) is 19.1 Å². The largest absolute Gasteiger partial charge is 0.460 e. The molecule has 0 aliphatic heterocycles. The van der Waals surface area contributed by atoms with Gasteiger partial charge in [-0.2, -0.15) is 0 Å². The molecule has 16 heteroatoms. The van der Waals surface area contributed by atoms with Gasteiger partial charge in [-0.25, -0.2) is 4.79 Å². The van der Waals surface area contributed by atoms with E-state index in [-0.39, 0.29) is 11.3 Å². The summed E-state index contributed by atoms with van der Waals surface area (Å²) in [5, 5.41) is 27.3. The molecule has 29 heavy (non-hydrogen) atoms. The smallest absolute Gasteiger partial charge is 0.342 e. The van der Waals surface area contributed by atoms with Gasteiger partial charge in [0.2, 0.25) is 0 Å². The first-order chi connectivity index (χ1) is 13.6. The van der Waals surface area contributed by atoms with Crippen molar-refractivity contribution in [1.82, 2.24) is 0 Å². The number of carbonyl (C=O) groups is 2. The van der Waals surface area contributed by atoms with Crippen molar-refractivity contribution in [3.8, 4) is 5.75 Å². The Morgan fingerprint density at radius 1 is 0.931 bits per heavy atom. The molecule has 0 aromatic heterocycles. The van der Waals surface area contributed by atoms with Crippen LogP contribution in [0.2, 0.25) is 0 Å². The molecular formula is C13H13N3O13. The van der Waals surface area contributed by atoms with Gasteiger partial charge in [0.1, 0.15) is 24.5 Å². The maximum Gasteiger partial charge on any atom is 0.342 e. The molecule has 0 saturated heterocycles. The third-order valence-electron chi connectivity index (χ3n) is 2.94. The number of rotatable bonds is 12. The van der Waals surface area contributed by atoms with Gasteiger partial charge in [0.15, 0.2) is 12.2 Å². The highest BCUT2D eigenvalue weighted by atomic mass is 17.0. The van der Waals surface area contributed by atoms with Crippen LogP contribution in [0.4, 0.5) is 0 Å². The van der Waals surface area contributed by atoms with Gasteiger partial charge in [-0.1, -0.05) is 12.1 Å². The van der Waals surface area contributed by atoms with Gasteiger partial charge < -0.3 is 24.0 Å².